The molecule has 5 heteroatoms. The molecule has 2 aliphatic rings. The third-order valence-corrected chi connectivity index (χ3v) is 5.78. The van der Waals surface area contributed by atoms with Crippen molar-refractivity contribution in [2.24, 2.45) is 0 Å². The zero-order chi connectivity index (χ0) is 18.8. The van der Waals surface area contributed by atoms with Crippen molar-refractivity contribution in [3.63, 3.8) is 0 Å². The number of halogens is 1. The van der Waals surface area contributed by atoms with Gasteiger partial charge >= 0.3 is 0 Å². The Hall–Kier alpha value is -2.33. The van der Waals surface area contributed by atoms with Crippen LogP contribution in [-0.4, -0.2) is 22.8 Å². The molecule has 2 aromatic rings. The highest BCUT2D eigenvalue weighted by atomic mass is 35.5. The maximum Gasteiger partial charge on any atom is 0.255 e. The summed E-state index contributed by atoms with van der Waals surface area (Å²) in [6.07, 6.45) is 5.58. The predicted molar refractivity (Wildman–Crippen MR) is 106 cm³/mol. The molecule has 27 heavy (non-hydrogen) atoms. The van der Waals surface area contributed by atoms with Gasteiger partial charge in [0.15, 0.2) is 0 Å². The number of rotatable bonds is 4. The number of fused-ring (bicyclic) bond motifs is 1. The minimum absolute atomic E-state index is 0.0748. The maximum absolute atomic E-state index is 13.2. The zero-order valence-electron chi connectivity index (χ0n) is 15.2. The van der Waals surface area contributed by atoms with Crippen molar-refractivity contribution in [2.45, 2.75) is 50.7 Å². The largest absolute Gasteiger partial charge is 0.351 e. The number of carbonyl (C=O) groups is 2. The molecule has 0 radical (unpaired) electrons. The summed E-state index contributed by atoms with van der Waals surface area (Å²) in [4.78, 5) is 27.8. The van der Waals surface area contributed by atoms with Gasteiger partial charge in [-0.2, -0.15) is 0 Å². The molecule has 1 aliphatic heterocycles. The lowest BCUT2D eigenvalue weighted by Gasteiger charge is -2.28. The van der Waals surface area contributed by atoms with Gasteiger partial charge in [-0.15, -0.1) is 0 Å². The average molecular weight is 383 g/mol. The molecule has 0 unspecified atom stereocenters. The molecule has 0 spiro atoms. The second-order valence-corrected chi connectivity index (χ2v) is 7.83. The van der Waals surface area contributed by atoms with Gasteiger partial charge in [0.2, 0.25) is 5.91 Å². The van der Waals surface area contributed by atoms with Crippen LogP contribution in [0, 0.1) is 0 Å². The minimum Gasteiger partial charge on any atom is -0.351 e. The first-order valence-corrected chi connectivity index (χ1v) is 9.96. The van der Waals surface area contributed by atoms with Gasteiger partial charge in [-0.25, -0.2) is 0 Å². The molecule has 1 heterocycles. The van der Waals surface area contributed by atoms with Crippen LogP contribution < -0.4 is 5.32 Å². The number of hydrogen-bond donors (Lipinski definition) is 1. The topological polar surface area (TPSA) is 49.4 Å². The second kappa shape index (κ2) is 7.73. The molecule has 0 saturated heterocycles. The fraction of sp³-hybridized carbons (Fsp3) is 0.364. The maximum atomic E-state index is 13.2. The summed E-state index contributed by atoms with van der Waals surface area (Å²) in [6, 6.07) is 14.5. The normalized spacial score (nSPS) is 19.8. The number of amides is 2. The fourth-order valence-corrected chi connectivity index (χ4v) is 4.26. The summed E-state index contributed by atoms with van der Waals surface area (Å²) in [5, 5.41) is 3.85. The van der Waals surface area contributed by atoms with Crippen molar-refractivity contribution in [2.75, 3.05) is 0 Å². The minimum atomic E-state index is -0.577. The zero-order valence-corrected chi connectivity index (χ0v) is 15.9. The van der Waals surface area contributed by atoms with E-state index in [0.717, 1.165) is 36.8 Å². The first-order valence-electron chi connectivity index (χ1n) is 9.58. The summed E-state index contributed by atoms with van der Waals surface area (Å²) in [5.41, 5.74) is 2.37. The van der Waals surface area contributed by atoms with Crippen LogP contribution in [0.15, 0.2) is 48.5 Å². The fourth-order valence-electron chi connectivity index (χ4n) is 4.13. The smallest absolute Gasteiger partial charge is 0.255 e. The van der Waals surface area contributed by atoms with E-state index in [-0.39, 0.29) is 17.9 Å². The van der Waals surface area contributed by atoms with E-state index in [1.54, 1.807) is 11.0 Å². The molecule has 4 rings (SSSR count). The molecule has 0 bridgehead atoms. The highest BCUT2D eigenvalue weighted by molar-refractivity contribution is 6.30. The van der Waals surface area contributed by atoms with E-state index in [1.165, 1.54) is 6.42 Å². The lowest BCUT2D eigenvalue weighted by Crippen LogP contribution is -2.43. The monoisotopic (exact) mass is 382 g/mol. The molecule has 2 amide bonds. The Morgan fingerprint density at radius 2 is 1.74 bits per heavy atom. The first kappa shape index (κ1) is 18.1. The lowest BCUT2D eigenvalue weighted by molar-refractivity contribution is -0.126. The molecule has 4 nitrogen and oxygen atoms in total. The standard InChI is InChI=1S/C22H23ClN2O2/c23-16-12-10-15(11-13-16)14-25-20(18-8-4-5-9-19(18)22(25)27)21(26)24-17-6-2-1-3-7-17/h4-5,8-13,17,20H,1-3,6-7,14H2,(H,24,26)/t20-/m1/s1. The molecule has 0 aromatic heterocycles. The van der Waals surface area contributed by atoms with Crippen molar-refractivity contribution in [1.82, 2.24) is 10.2 Å². The van der Waals surface area contributed by atoms with Gasteiger partial charge in [0.05, 0.1) is 0 Å². The molecule has 1 aliphatic carbocycles. The highest BCUT2D eigenvalue weighted by Gasteiger charge is 2.41. The van der Waals surface area contributed by atoms with E-state index in [0.29, 0.717) is 17.1 Å². The summed E-state index contributed by atoms with van der Waals surface area (Å²) >= 11 is 5.97. The summed E-state index contributed by atoms with van der Waals surface area (Å²) in [6.45, 7) is 0.382. The number of benzene rings is 2. The van der Waals surface area contributed by atoms with Gasteiger partial charge in [-0.05, 0) is 42.2 Å². The number of hydrogen-bond acceptors (Lipinski definition) is 2. The van der Waals surface area contributed by atoms with Crippen LogP contribution in [0.1, 0.15) is 59.6 Å². The van der Waals surface area contributed by atoms with Gasteiger partial charge in [-0.3, -0.25) is 9.59 Å². The van der Waals surface area contributed by atoms with Crippen LogP contribution in [0.25, 0.3) is 0 Å². The average Bonchev–Trinajstić information content (AvgIpc) is 2.97. The Kier molecular flexibility index (Phi) is 5.17. The molecule has 1 saturated carbocycles. The molecule has 1 atom stereocenters. The van der Waals surface area contributed by atoms with E-state index in [1.807, 2.05) is 42.5 Å². The van der Waals surface area contributed by atoms with Crippen LogP contribution in [0.4, 0.5) is 0 Å². The Balaban J connectivity index is 1.60. The quantitative estimate of drug-likeness (QED) is 0.847. The summed E-state index contributed by atoms with van der Waals surface area (Å²) < 4.78 is 0. The third-order valence-electron chi connectivity index (χ3n) is 5.52. The first-order chi connectivity index (χ1) is 13.1. The van der Waals surface area contributed by atoms with Crippen LogP contribution in [0.3, 0.4) is 0 Å². The van der Waals surface area contributed by atoms with Gasteiger partial charge < -0.3 is 10.2 Å². The molecule has 1 fully saturated rings. The molecular weight excluding hydrogens is 360 g/mol. The number of nitrogens with one attached hydrogen (secondary N) is 1. The second-order valence-electron chi connectivity index (χ2n) is 7.39. The molecule has 2 aromatic carbocycles. The Bertz CT molecular complexity index is 844. The Morgan fingerprint density at radius 3 is 2.48 bits per heavy atom. The van der Waals surface area contributed by atoms with Crippen molar-refractivity contribution in [1.29, 1.82) is 0 Å². The Labute approximate surface area is 164 Å². The highest BCUT2D eigenvalue weighted by Crippen LogP contribution is 2.35. The van der Waals surface area contributed by atoms with E-state index in [2.05, 4.69) is 5.32 Å². The van der Waals surface area contributed by atoms with Crippen molar-refractivity contribution >= 4 is 23.4 Å². The van der Waals surface area contributed by atoms with E-state index < -0.39 is 6.04 Å². The van der Waals surface area contributed by atoms with Crippen molar-refractivity contribution in [3.05, 3.63) is 70.2 Å². The van der Waals surface area contributed by atoms with E-state index in [4.69, 9.17) is 11.6 Å². The van der Waals surface area contributed by atoms with E-state index >= 15 is 0 Å². The number of nitrogens with zero attached hydrogens (tertiary/aromatic N) is 1. The Morgan fingerprint density at radius 1 is 1.04 bits per heavy atom. The SMILES string of the molecule is O=C(NC1CCCCC1)[C@H]1c2ccccc2C(=O)N1Cc1ccc(Cl)cc1. The molecular formula is C22H23ClN2O2. The predicted octanol–water partition coefficient (Wildman–Crippen LogP) is 4.49. The number of carbonyl (C=O) groups excluding carboxylic acids is 2. The summed E-state index contributed by atoms with van der Waals surface area (Å²) in [5.74, 6) is -0.168. The molecule has 140 valence electrons. The van der Waals surface area contributed by atoms with Gasteiger partial charge in [0.1, 0.15) is 6.04 Å². The van der Waals surface area contributed by atoms with Gasteiger partial charge in [-0.1, -0.05) is 61.2 Å². The van der Waals surface area contributed by atoms with Crippen LogP contribution >= 0.6 is 11.6 Å². The van der Waals surface area contributed by atoms with Crippen LogP contribution in [0.5, 0.6) is 0 Å². The van der Waals surface area contributed by atoms with Crippen molar-refractivity contribution in [3.8, 4) is 0 Å². The molecule has 1 N–H and O–H groups in total. The van der Waals surface area contributed by atoms with Gasteiger partial charge in [0.25, 0.3) is 5.91 Å². The third kappa shape index (κ3) is 3.72. The van der Waals surface area contributed by atoms with Crippen molar-refractivity contribution < 1.29 is 9.59 Å². The van der Waals surface area contributed by atoms with Gasteiger partial charge in [0, 0.05) is 23.2 Å². The van der Waals surface area contributed by atoms with Crippen LogP contribution in [0.2, 0.25) is 5.02 Å². The lowest BCUT2D eigenvalue weighted by atomic mass is 9.95. The van der Waals surface area contributed by atoms with E-state index in [9.17, 15) is 9.59 Å². The summed E-state index contributed by atoms with van der Waals surface area (Å²) in [7, 11) is 0. The van der Waals surface area contributed by atoms with Crippen LogP contribution in [-0.2, 0) is 11.3 Å².